The molecule has 2 atom stereocenters. The number of hydrogen-bond acceptors (Lipinski definition) is 6. The zero-order chi connectivity index (χ0) is 18.3. The molecule has 0 bridgehead atoms. The van der Waals surface area contributed by atoms with Gasteiger partial charge in [0.15, 0.2) is 15.7 Å². The molecule has 1 aromatic heterocycles. The van der Waals surface area contributed by atoms with Crippen LogP contribution in [0.25, 0.3) is 0 Å². The van der Waals surface area contributed by atoms with E-state index in [2.05, 4.69) is 14.7 Å². The van der Waals surface area contributed by atoms with Crippen LogP contribution in [0.15, 0.2) is 40.1 Å². The molecule has 1 fully saturated rings. The zero-order valence-electron chi connectivity index (χ0n) is 13.2. The van der Waals surface area contributed by atoms with E-state index >= 15 is 0 Å². The fraction of sp³-hybridized carbons (Fsp3) is 0.467. The van der Waals surface area contributed by atoms with Crippen LogP contribution in [0.3, 0.4) is 0 Å². The zero-order valence-corrected chi connectivity index (χ0v) is 14.0. The Kier molecular flexibility index (Phi) is 4.36. The van der Waals surface area contributed by atoms with E-state index in [9.17, 15) is 21.6 Å². The highest BCUT2D eigenvalue weighted by Gasteiger charge is 2.46. The van der Waals surface area contributed by atoms with Gasteiger partial charge in [-0.05, 0) is 31.5 Å². The van der Waals surface area contributed by atoms with Gasteiger partial charge in [0.25, 0.3) is 0 Å². The summed E-state index contributed by atoms with van der Waals surface area (Å²) < 4.78 is 73.6. The van der Waals surface area contributed by atoms with Crippen molar-refractivity contribution < 1.29 is 30.8 Å². The average molecular weight is 376 g/mol. The molecule has 0 N–H and O–H groups in total. The van der Waals surface area contributed by atoms with E-state index in [1.54, 1.807) is 0 Å². The number of alkyl halides is 3. The van der Waals surface area contributed by atoms with Gasteiger partial charge in [0.2, 0.25) is 6.39 Å². The Morgan fingerprint density at radius 3 is 2.72 bits per heavy atom. The van der Waals surface area contributed by atoms with Crippen molar-refractivity contribution in [3.8, 4) is 0 Å². The Bertz CT molecular complexity index is 852. The number of aromatic nitrogens is 2. The topological polar surface area (TPSA) is 82.3 Å². The minimum absolute atomic E-state index is 0.0190. The normalized spacial score (nSPS) is 25.0. The third-order valence-electron chi connectivity index (χ3n) is 4.35. The van der Waals surface area contributed by atoms with Gasteiger partial charge in [-0.2, -0.15) is 18.2 Å². The molecule has 3 rings (SSSR count). The van der Waals surface area contributed by atoms with Gasteiger partial charge in [-0.15, -0.1) is 0 Å². The van der Waals surface area contributed by atoms with Gasteiger partial charge in [0.05, 0.1) is 15.2 Å². The second-order valence-corrected chi connectivity index (χ2v) is 8.55. The van der Waals surface area contributed by atoms with E-state index < -0.39 is 32.4 Å². The number of ether oxygens (including phenoxy) is 1. The molecule has 25 heavy (non-hydrogen) atoms. The third-order valence-corrected chi connectivity index (χ3v) is 6.90. The van der Waals surface area contributed by atoms with Gasteiger partial charge in [-0.25, -0.2) is 8.42 Å². The lowest BCUT2D eigenvalue weighted by atomic mass is 9.96. The number of benzene rings is 1. The lowest BCUT2D eigenvalue weighted by Crippen LogP contribution is -2.42. The van der Waals surface area contributed by atoms with E-state index in [1.807, 2.05) is 0 Å². The maximum absolute atomic E-state index is 13.0. The van der Waals surface area contributed by atoms with Gasteiger partial charge >= 0.3 is 6.18 Å². The van der Waals surface area contributed by atoms with Crippen LogP contribution >= 0.6 is 0 Å². The first-order valence-electron chi connectivity index (χ1n) is 7.43. The van der Waals surface area contributed by atoms with Crippen LogP contribution in [0.1, 0.15) is 37.3 Å². The molecule has 2 unspecified atom stereocenters. The summed E-state index contributed by atoms with van der Waals surface area (Å²) in [5.41, 5.74) is -1.00. The first-order valence-corrected chi connectivity index (χ1v) is 8.92. The van der Waals surface area contributed by atoms with E-state index in [0.29, 0.717) is 6.07 Å². The van der Waals surface area contributed by atoms with Gasteiger partial charge < -0.3 is 9.26 Å². The van der Waals surface area contributed by atoms with Crippen molar-refractivity contribution in [3.05, 3.63) is 42.0 Å². The Balaban J connectivity index is 1.96. The molecule has 0 aliphatic carbocycles. The van der Waals surface area contributed by atoms with Crippen LogP contribution < -0.4 is 0 Å². The first kappa shape index (κ1) is 17.9. The highest BCUT2D eigenvalue weighted by Crippen LogP contribution is 2.42. The van der Waals surface area contributed by atoms with Crippen molar-refractivity contribution in [2.24, 2.45) is 0 Å². The highest BCUT2D eigenvalue weighted by molar-refractivity contribution is 7.92. The van der Waals surface area contributed by atoms with Crippen molar-refractivity contribution in [3.63, 3.8) is 0 Å². The number of rotatable bonds is 3. The summed E-state index contributed by atoms with van der Waals surface area (Å²) in [7, 11) is -4.03. The summed E-state index contributed by atoms with van der Waals surface area (Å²) >= 11 is 0. The summed E-state index contributed by atoms with van der Waals surface area (Å²) in [5.74, 6) is 0.213. The second-order valence-electron chi connectivity index (χ2n) is 6.08. The summed E-state index contributed by atoms with van der Waals surface area (Å²) in [6, 6.07) is 3.77. The van der Waals surface area contributed by atoms with Gasteiger partial charge in [-0.3, -0.25) is 0 Å². The maximum Gasteiger partial charge on any atom is 0.416 e. The predicted molar refractivity (Wildman–Crippen MR) is 79.3 cm³/mol. The molecule has 6 nitrogen and oxygen atoms in total. The van der Waals surface area contributed by atoms with E-state index in [-0.39, 0.29) is 30.2 Å². The summed E-state index contributed by atoms with van der Waals surface area (Å²) in [6.07, 6.45) is -4.04. The molecule has 0 saturated carbocycles. The fourth-order valence-corrected chi connectivity index (χ4v) is 4.66. The summed E-state index contributed by atoms with van der Waals surface area (Å²) in [4.78, 5) is 3.50. The van der Waals surface area contributed by atoms with Gasteiger partial charge in [0.1, 0.15) is 6.10 Å². The second kappa shape index (κ2) is 6.10. The molecular weight excluding hydrogens is 361 g/mol. The Hall–Kier alpha value is -1.94. The van der Waals surface area contributed by atoms with Crippen molar-refractivity contribution in [2.75, 3.05) is 6.61 Å². The van der Waals surface area contributed by atoms with Crippen molar-refractivity contribution >= 4 is 9.84 Å². The van der Waals surface area contributed by atoms with E-state index in [1.165, 1.54) is 13.0 Å². The number of hydrogen-bond donors (Lipinski definition) is 0. The van der Waals surface area contributed by atoms with Gasteiger partial charge in [0, 0.05) is 13.0 Å². The molecular formula is C15H15F3N2O4S. The molecule has 1 aromatic carbocycles. The smallest absolute Gasteiger partial charge is 0.370 e. The van der Waals surface area contributed by atoms with E-state index in [4.69, 9.17) is 4.74 Å². The number of halogens is 3. The third kappa shape index (κ3) is 3.28. The number of sulfone groups is 1. The Morgan fingerprint density at radius 1 is 1.32 bits per heavy atom. The van der Waals surface area contributed by atoms with Crippen molar-refractivity contribution in [2.45, 2.75) is 41.7 Å². The van der Waals surface area contributed by atoms with Crippen molar-refractivity contribution in [1.29, 1.82) is 0 Å². The van der Waals surface area contributed by atoms with Crippen LogP contribution in [-0.2, 0) is 20.8 Å². The van der Waals surface area contributed by atoms with Crippen LogP contribution in [-0.4, -0.2) is 29.9 Å². The molecule has 136 valence electrons. The van der Waals surface area contributed by atoms with E-state index in [0.717, 1.165) is 18.5 Å². The van der Waals surface area contributed by atoms with Crippen LogP contribution in [0, 0.1) is 0 Å². The molecule has 1 aliphatic rings. The molecule has 2 aromatic rings. The standard InChI is InChI=1S/C15H15F3N2O4S/c1-14(5-6-23-12(8-14)13-19-9-24-20-13)25(21,22)11-4-2-3-10(7-11)15(16,17)18/h2-4,7,9,12H,5-6,8H2,1H3. The van der Waals surface area contributed by atoms with Crippen LogP contribution in [0.2, 0.25) is 0 Å². The largest absolute Gasteiger partial charge is 0.416 e. The monoisotopic (exact) mass is 376 g/mol. The fourth-order valence-electron chi connectivity index (χ4n) is 2.82. The Labute approximate surface area is 141 Å². The molecule has 1 aliphatic heterocycles. The summed E-state index contributed by atoms with van der Waals surface area (Å²) in [6.45, 7) is 1.62. The first-order chi connectivity index (χ1) is 11.6. The minimum atomic E-state index is -4.62. The highest BCUT2D eigenvalue weighted by atomic mass is 32.2. The quantitative estimate of drug-likeness (QED) is 0.818. The molecule has 0 spiro atoms. The lowest BCUT2D eigenvalue weighted by molar-refractivity contribution is -0.137. The molecule has 0 amide bonds. The molecule has 10 heteroatoms. The average Bonchev–Trinajstić information content (AvgIpc) is 3.08. The lowest BCUT2D eigenvalue weighted by Gasteiger charge is -2.36. The molecule has 2 heterocycles. The molecule has 1 saturated heterocycles. The van der Waals surface area contributed by atoms with Crippen molar-refractivity contribution in [1.82, 2.24) is 10.1 Å². The van der Waals surface area contributed by atoms with Crippen LogP contribution in [0.5, 0.6) is 0 Å². The maximum atomic E-state index is 13.0. The summed E-state index contributed by atoms with van der Waals surface area (Å²) in [5, 5.41) is 3.65. The SMILES string of the molecule is CC1(S(=O)(=O)c2cccc(C(F)(F)F)c2)CCOC(c2ncon2)C1. The predicted octanol–water partition coefficient (Wildman–Crippen LogP) is 3.17. The number of nitrogens with zero attached hydrogens (tertiary/aromatic N) is 2. The van der Waals surface area contributed by atoms with Crippen LogP contribution in [0.4, 0.5) is 13.2 Å². The Morgan fingerprint density at radius 2 is 2.08 bits per heavy atom. The minimum Gasteiger partial charge on any atom is -0.370 e. The molecule has 0 radical (unpaired) electrons. The van der Waals surface area contributed by atoms with Gasteiger partial charge in [-0.1, -0.05) is 11.2 Å².